The zero-order valence-corrected chi connectivity index (χ0v) is 11.9. The van der Waals surface area contributed by atoms with Crippen LogP contribution in [0.4, 0.5) is 0 Å². The Hall–Kier alpha value is -1.40. The number of aromatic hydroxyl groups is 1. The van der Waals surface area contributed by atoms with Crippen molar-refractivity contribution in [2.45, 2.75) is 25.4 Å². The molecule has 1 rings (SSSR count). The lowest BCUT2D eigenvalue weighted by Gasteiger charge is -2.16. The number of phenols is 1. The first-order valence-corrected chi connectivity index (χ1v) is 7.75. The van der Waals surface area contributed by atoms with Gasteiger partial charge in [-0.05, 0) is 31.0 Å². The Morgan fingerprint density at radius 1 is 1.42 bits per heavy atom. The van der Waals surface area contributed by atoms with Crippen LogP contribution in [0.5, 0.6) is 5.75 Å². The van der Waals surface area contributed by atoms with E-state index in [2.05, 4.69) is 5.32 Å². The van der Waals surface area contributed by atoms with E-state index in [0.717, 1.165) is 5.56 Å². The Bertz CT molecular complexity index is 448. The molecule has 0 saturated heterocycles. The molecule has 0 heterocycles. The van der Waals surface area contributed by atoms with Crippen molar-refractivity contribution in [2.24, 2.45) is 5.73 Å². The average Bonchev–Trinajstić information content (AvgIpc) is 2.30. The number of carbonyl (C=O) groups excluding carboxylic acids is 1. The molecular weight excluding hydrogens is 264 g/mol. The van der Waals surface area contributed by atoms with Crippen molar-refractivity contribution in [3.05, 3.63) is 29.8 Å². The highest BCUT2D eigenvalue weighted by molar-refractivity contribution is 7.84. The second-order valence-electron chi connectivity index (χ2n) is 4.63. The predicted octanol–water partition coefficient (Wildman–Crippen LogP) is 0.145. The molecule has 6 heteroatoms. The lowest BCUT2D eigenvalue weighted by molar-refractivity contribution is -0.122. The number of nitrogens with two attached hydrogens (primary N) is 1. The first-order valence-electron chi connectivity index (χ1n) is 6.02. The van der Waals surface area contributed by atoms with Gasteiger partial charge in [0.25, 0.3) is 0 Å². The van der Waals surface area contributed by atoms with Crippen molar-refractivity contribution in [3.8, 4) is 5.75 Å². The van der Waals surface area contributed by atoms with Gasteiger partial charge in [0.2, 0.25) is 5.91 Å². The van der Waals surface area contributed by atoms with E-state index in [0.29, 0.717) is 12.2 Å². The van der Waals surface area contributed by atoms with Crippen LogP contribution in [-0.4, -0.2) is 39.3 Å². The summed E-state index contributed by atoms with van der Waals surface area (Å²) in [5, 5.41) is 11.9. The second kappa shape index (κ2) is 7.25. The molecule has 5 nitrogen and oxygen atoms in total. The molecule has 0 bridgehead atoms. The van der Waals surface area contributed by atoms with Crippen LogP contribution in [0.25, 0.3) is 0 Å². The largest absolute Gasteiger partial charge is 0.508 e. The molecule has 2 unspecified atom stereocenters. The summed E-state index contributed by atoms with van der Waals surface area (Å²) in [4.78, 5) is 11.8. The highest BCUT2D eigenvalue weighted by atomic mass is 32.2. The minimum atomic E-state index is -0.949. The van der Waals surface area contributed by atoms with Gasteiger partial charge in [0.15, 0.2) is 0 Å². The van der Waals surface area contributed by atoms with Crippen molar-refractivity contribution in [1.82, 2.24) is 5.32 Å². The molecule has 4 N–H and O–H groups in total. The number of hydrogen-bond donors (Lipinski definition) is 3. The number of amides is 1. The molecule has 1 aromatic rings. The standard InChI is InChI=1S/C13H20N2O3S/c1-9(8-19(2)18)15-13(17)12(14)7-10-3-5-11(16)6-4-10/h3-6,9,12,16H,7-8,14H2,1-2H3,(H,15,17)/t9?,12-,19?/m1/s1. The number of phenolic OH excluding ortho intramolecular Hbond substituents is 1. The molecule has 0 aliphatic rings. The first kappa shape index (κ1) is 15.7. The summed E-state index contributed by atoms with van der Waals surface area (Å²) in [6, 6.07) is 5.76. The molecule has 1 amide bonds. The van der Waals surface area contributed by atoms with Gasteiger partial charge in [-0.3, -0.25) is 9.00 Å². The maximum absolute atomic E-state index is 11.8. The molecule has 0 aromatic heterocycles. The van der Waals surface area contributed by atoms with E-state index in [1.807, 2.05) is 0 Å². The van der Waals surface area contributed by atoms with Gasteiger partial charge >= 0.3 is 0 Å². The summed E-state index contributed by atoms with van der Waals surface area (Å²) in [6.07, 6.45) is 1.99. The molecule has 1 aromatic carbocycles. The lowest BCUT2D eigenvalue weighted by Crippen LogP contribution is -2.46. The Kier molecular flexibility index (Phi) is 5.98. The van der Waals surface area contributed by atoms with E-state index in [4.69, 9.17) is 10.8 Å². The number of nitrogens with one attached hydrogen (secondary N) is 1. The summed E-state index contributed by atoms with van der Waals surface area (Å²) in [6.45, 7) is 1.80. The third kappa shape index (κ3) is 5.85. The molecule has 3 atom stereocenters. The van der Waals surface area contributed by atoms with E-state index in [9.17, 15) is 9.00 Å². The van der Waals surface area contributed by atoms with E-state index in [-0.39, 0.29) is 17.7 Å². The summed E-state index contributed by atoms with van der Waals surface area (Å²) < 4.78 is 11.0. The maximum Gasteiger partial charge on any atom is 0.237 e. The van der Waals surface area contributed by atoms with Gasteiger partial charge in [-0.15, -0.1) is 0 Å². The summed E-state index contributed by atoms with van der Waals surface area (Å²) in [5.41, 5.74) is 6.70. The van der Waals surface area contributed by atoms with E-state index in [1.165, 1.54) is 0 Å². The second-order valence-corrected chi connectivity index (χ2v) is 6.11. The van der Waals surface area contributed by atoms with Crippen LogP contribution in [-0.2, 0) is 22.0 Å². The fourth-order valence-electron chi connectivity index (χ4n) is 1.72. The highest BCUT2D eigenvalue weighted by Crippen LogP contribution is 2.10. The number of rotatable bonds is 6. The van der Waals surface area contributed by atoms with Crippen LogP contribution in [0, 0.1) is 0 Å². The normalized spacial score (nSPS) is 15.5. The van der Waals surface area contributed by atoms with Crippen molar-refractivity contribution in [2.75, 3.05) is 12.0 Å². The fourth-order valence-corrected chi connectivity index (χ4v) is 2.51. The smallest absolute Gasteiger partial charge is 0.237 e. The molecule has 19 heavy (non-hydrogen) atoms. The number of hydrogen-bond acceptors (Lipinski definition) is 4. The Morgan fingerprint density at radius 2 is 2.00 bits per heavy atom. The Morgan fingerprint density at radius 3 is 2.53 bits per heavy atom. The van der Waals surface area contributed by atoms with Gasteiger partial charge in [0.05, 0.1) is 6.04 Å². The Balaban J connectivity index is 2.48. The number of carbonyl (C=O) groups is 1. The van der Waals surface area contributed by atoms with Crippen LogP contribution >= 0.6 is 0 Å². The molecule has 0 radical (unpaired) electrons. The summed E-state index contributed by atoms with van der Waals surface area (Å²) >= 11 is 0. The van der Waals surface area contributed by atoms with E-state index in [1.54, 1.807) is 37.4 Å². The average molecular weight is 284 g/mol. The summed E-state index contributed by atoms with van der Waals surface area (Å²) in [7, 11) is -0.949. The maximum atomic E-state index is 11.8. The number of benzene rings is 1. The van der Waals surface area contributed by atoms with Crippen LogP contribution in [0.1, 0.15) is 12.5 Å². The SMILES string of the molecule is CC(CS(C)=O)NC(=O)[C@H](N)Cc1ccc(O)cc1. The third-order valence-corrected chi connectivity index (χ3v) is 3.57. The zero-order chi connectivity index (χ0) is 14.4. The third-order valence-electron chi connectivity index (χ3n) is 2.60. The molecule has 0 fully saturated rings. The predicted molar refractivity (Wildman–Crippen MR) is 76.3 cm³/mol. The van der Waals surface area contributed by atoms with Gasteiger partial charge in [0.1, 0.15) is 5.75 Å². The van der Waals surface area contributed by atoms with Gasteiger partial charge in [-0.1, -0.05) is 12.1 Å². The first-order chi connectivity index (χ1) is 8.88. The molecule has 0 spiro atoms. The molecular formula is C13H20N2O3S. The van der Waals surface area contributed by atoms with E-state index < -0.39 is 16.8 Å². The van der Waals surface area contributed by atoms with E-state index >= 15 is 0 Å². The fraction of sp³-hybridized carbons (Fsp3) is 0.462. The molecule has 0 saturated carbocycles. The van der Waals surface area contributed by atoms with Gasteiger partial charge in [-0.2, -0.15) is 0 Å². The quantitative estimate of drug-likeness (QED) is 0.693. The molecule has 0 aliphatic heterocycles. The highest BCUT2D eigenvalue weighted by Gasteiger charge is 2.16. The van der Waals surface area contributed by atoms with Crippen molar-refractivity contribution in [3.63, 3.8) is 0 Å². The van der Waals surface area contributed by atoms with Gasteiger partial charge in [0, 0.05) is 28.9 Å². The topological polar surface area (TPSA) is 92.4 Å². The zero-order valence-electron chi connectivity index (χ0n) is 11.1. The van der Waals surface area contributed by atoms with Gasteiger partial charge in [-0.25, -0.2) is 0 Å². The van der Waals surface area contributed by atoms with Crippen molar-refractivity contribution >= 4 is 16.7 Å². The van der Waals surface area contributed by atoms with Crippen molar-refractivity contribution in [1.29, 1.82) is 0 Å². The Labute approximate surface area is 115 Å². The van der Waals surface area contributed by atoms with Crippen molar-refractivity contribution < 1.29 is 14.1 Å². The van der Waals surface area contributed by atoms with Crippen LogP contribution in [0.2, 0.25) is 0 Å². The minimum Gasteiger partial charge on any atom is -0.508 e. The summed E-state index contributed by atoms with van der Waals surface area (Å²) in [5.74, 6) is 0.337. The molecule has 106 valence electrons. The molecule has 0 aliphatic carbocycles. The minimum absolute atomic E-state index is 0.163. The van der Waals surface area contributed by atoms with Gasteiger partial charge < -0.3 is 16.2 Å². The van der Waals surface area contributed by atoms with Crippen LogP contribution < -0.4 is 11.1 Å². The lowest BCUT2D eigenvalue weighted by atomic mass is 10.1. The monoisotopic (exact) mass is 284 g/mol. The van der Waals surface area contributed by atoms with Crippen LogP contribution in [0.15, 0.2) is 24.3 Å². The van der Waals surface area contributed by atoms with Crippen LogP contribution in [0.3, 0.4) is 0 Å².